The van der Waals surface area contributed by atoms with Crippen molar-refractivity contribution in [3.63, 3.8) is 0 Å². The lowest BCUT2D eigenvalue weighted by atomic mass is 10.2. The van der Waals surface area contributed by atoms with Gasteiger partial charge in [-0.1, -0.05) is 26.0 Å². The highest BCUT2D eigenvalue weighted by atomic mass is 16.2. The summed E-state index contributed by atoms with van der Waals surface area (Å²) in [5.74, 6) is 0.514. The molecule has 6 nitrogen and oxygen atoms in total. The Morgan fingerprint density at radius 3 is 2.70 bits per heavy atom. The molecule has 0 unspecified atom stereocenters. The molecule has 0 fully saturated rings. The fraction of sp³-hybridized carbons (Fsp3) is 0.357. The van der Waals surface area contributed by atoms with E-state index in [-0.39, 0.29) is 5.91 Å². The number of carbonyl (C=O) groups excluding carboxylic acids is 1. The first kappa shape index (κ1) is 14.2. The highest BCUT2D eigenvalue weighted by Crippen LogP contribution is 2.17. The van der Waals surface area contributed by atoms with Crippen LogP contribution in [0.3, 0.4) is 0 Å². The number of amides is 1. The summed E-state index contributed by atoms with van der Waals surface area (Å²) in [6, 6.07) is 7.64. The fourth-order valence-electron chi connectivity index (χ4n) is 1.92. The molecule has 0 aliphatic carbocycles. The number of benzene rings is 1. The third-order valence-electron chi connectivity index (χ3n) is 3.12. The molecule has 2 rings (SSSR count). The molecule has 0 radical (unpaired) electrons. The molecule has 2 aromatic rings. The number of carbonyl (C=O) groups is 1. The number of aromatic nitrogens is 2. The van der Waals surface area contributed by atoms with Crippen LogP contribution in [0.15, 0.2) is 30.6 Å². The Bertz CT molecular complexity index is 577. The van der Waals surface area contributed by atoms with Gasteiger partial charge in [-0.25, -0.2) is 9.97 Å². The molecule has 0 aliphatic heterocycles. The molecular formula is C14H19N5O. The van der Waals surface area contributed by atoms with Gasteiger partial charge < -0.3 is 0 Å². The molecule has 6 heteroatoms. The summed E-state index contributed by atoms with van der Waals surface area (Å²) < 4.78 is 0. The van der Waals surface area contributed by atoms with E-state index in [4.69, 9.17) is 0 Å². The van der Waals surface area contributed by atoms with Crippen LogP contribution in [0.25, 0.3) is 10.9 Å². The zero-order chi connectivity index (χ0) is 14.4. The van der Waals surface area contributed by atoms with E-state index in [2.05, 4.69) is 20.8 Å². The first-order chi connectivity index (χ1) is 9.74. The SMILES string of the molecule is CCN(CC)CC(=O)NNc1ncnc2ccccc12. The van der Waals surface area contributed by atoms with Crippen molar-refractivity contribution in [1.29, 1.82) is 0 Å². The molecule has 20 heavy (non-hydrogen) atoms. The monoisotopic (exact) mass is 273 g/mol. The van der Waals surface area contributed by atoms with Gasteiger partial charge in [-0.15, -0.1) is 0 Å². The van der Waals surface area contributed by atoms with Gasteiger partial charge in [-0.2, -0.15) is 0 Å². The number of hydrogen-bond acceptors (Lipinski definition) is 5. The summed E-state index contributed by atoms with van der Waals surface area (Å²) in [6.07, 6.45) is 1.47. The van der Waals surface area contributed by atoms with Gasteiger partial charge in [0, 0.05) is 5.39 Å². The predicted molar refractivity (Wildman–Crippen MR) is 79.1 cm³/mol. The van der Waals surface area contributed by atoms with E-state index in [9.17, 15) is 4.79 Å². The van der Waals surface area contributed by atoms with Crippen LogP contribution >= 0.6 is 0 Å². The quantitative estimate of drug-likeness (QED) is 0.779. The normalized spacial score (nSPS) is 10.8. The first-order valence-electron chi connectivity index (χ1n) is 6.71. The van der Waals surface area contributed by atoms with Gasteiger partial charge >= 0.3 is 0 Å². The van der Waals surface area contributed by atoms with Crippen molar-refractivity contribution in [3.8, 4) is 0 Å². The molecule has 1 amide bonds. The van der Waals surface area contributed by atoms with E-state index in [1.165, 1.54) is 6.33 Å². The summed E-state index contributed by atoms with van der Waals surface area (Å²) in [5, 5.41) is 0.873. The lowest BCUT2D eigenvalue weighted by Crippen LogP contribution is -2.39. The standard InChI is InChI=1S/C14H19N5O/c1-3-19(4-2)9-13(20)17-18-14-11-7-5-6-8-12(11)15-10-16-14/h5-8,10H,3-4,9H2,1-2H3,(H,17,20)(H,15,16,18). The molecule has 106 valence electrons. The number of likely N-dealkylation sites (N-methyl/N-ethyl adjacent to an activating group) is 1. The van der Waals surface area contributed by atoms with E-state index in [0.717, 1.165) is 24.0 Å². The van der Waals surface area contributed by atoms with Gasteiger partial charge in [0.2, 0.25) is 0 Å². The molecule has 0 bridgehead atoms. The average molecular weight is 273 g/mol. The largest absolute Gasteiger partial charge is 0.295 e. The Labute approximate surface area is 118 Å². The van der Waals surface area contributed by atoms with E-state index in [0.29, 0.717) is 12.4 Å². The number of hydrogen-bond donors (Lipinski definition) is 2. The van der Waals surface area contributed by atoms with Gasteiger partial charge in [0.1, 0.15) is 6.33 Å². The summed E-state index contributed by atoms with van der Waals surface area (Å²) in [4.78, 5) is 22.2. The molecule has 0 saturated heterocycles. The zero-order valence-electron chi connectivity index (χ0n) is 11.8. The molecule has 1 heterocycles. The molecule has 0 aliphatic rings. The minimum Gasteiger partial charge on any atom is -0.295 e. The lowest BCUT2D eigenvalue weighted by Gasteiger charge is -2.17. The van der Waals surface area contributed by atoms with Crippen LogP contribution in [0.1, 0.15) is 13.8 Å². The zero-order valence-corrected chi connectivity index (χ0v) is 11.8. The number of anilines is 1. The Morgan fingerprint density at radius 1 is 1.20 bits per heavy atom. The summed E-state index contributed by atoms with van der Waals surface area (Å²) in [6.45, 7) is 6.12. The highest BCUT2D eigenvalue weighted by Gasteiger charge is 2.08. The maximum Gasteiger partial charge on any atom is 0.252 e. The van der Waals surface area contributed by atoms with E-state index < -0.39 is 0 Å². The second-order valence-electron chi connectivity index (χ2n) is 4.37. The van der Waals surface area contributed by atoms with Crippen molar-refractivity contribution in [2.75, 3.05) is 25.1 Å². The first-order valence-corrected chi connectivity index (χ1v) is 6.71. The third-order valence-corrected chi connectivity index (χ3v) is 3.12. The molecule has 0 atom stereocenters. The maximum absolute atomic E-state index is 11.8. The maximum atomic E-state index is 11.8. The predicted octanol–water partition coefficient (Wildman–Crippen LogP) is 1.41. The van der Waals surface area contributed by atoms with Crippen LogP contribution in [0.4, 0.5) is 5.82 Å². The average Bonchev–Trinajstić information content (AvgIpc) is 2.50. The minimum atomic E-state index is -0.0867. The number of nitrogens with zero attached hydrogens (tertiary/aromatic N) is 3. The van der Waals surface area contributed by atoms with Crippen LogP contribution in [0, 0.1) is 0 Å². The number of fused-ring (bicyclic) bond motifs is 1. The van der Waals surface area contributed by atoms with E-state index in [1.54, 1.807) is 0 Å². The van der Waals surface area contributed by atoms with Crippen LogP contribution in [0.5, 0.6) is 0 Å². The Balaban J connectivity index is 2.01. The van der Waals surface area contributed by atoms with Crippen LogP contribution in [0.2, 0.25) is 0 Å². The Kier molecular flexibility index (Phi) is 4.84. The molecule has 0 spiro atoms. The van der Waals surface area contributed by atoms with Crippen molar-refractivity contribution in [2.24, 2.45) is 0 Å². The smallest absolute Gasteiger partial charge is 0.252 e. The van der Waals surface area contributed by atoms with Crippen LogP contribution < -0.4 is 10.9 Å². The topological polar surface area (TPSA) is 70.2 Å². The van der Waals surface area contributed by atoms with Crippen molar-refractivity contribution in [2.45, 2.75) is 13.8 Å². The molecular weight excluding hydrogens is 254 g/mol. The van der Waals surface area contributed by atoms with Gasteiger partial charge in [0.05, 0.1) is 12.1 Å². The molecule has 2 N–H and O–H groups in total. The summed E-state index contributed by atoms with van der Waals surface area (Å²) >= 11 is 0. The number of nitrogens with one attached hydrogen (secondary N) is 2. The number of hydrazine groups is 1. The summed E-state index contributed by atoms with van der Waals surface area (Å²) in [7, 11) is 0. The fourth-order valence-corrected chi connectivity index (χ4v) is 1.92. The van der Waals surface area contributed by atoms with Gasteiger partial charge in [-0.3, -0.25) is 20.5 Å². The van der Waals surface area contributed by atoms with Crippen molar-refractivity contribution >= 4 is 22.6 Å². The van der Waals surface area contributed by atoms with Crippen LogP contribution in [-0.2, 0) is 4.79 Å². The van der Waals surface area contributed by atoms with Gasteiger partial charge in [0.25, 0.3) is 5.91 Å². The number of para-hydroxylation sites is 1. The summed E-state index contributed by atoms with van der Waals surface area (Å²) in [5.41, 5.74) is 6.37. The van der Waals surface area contributed by atoms with Crippen LogP contribution in [-0.4, -0.2) is 40.4 Å². The second-order valence-corrected chi connectivity index (χ2v) is 4.37. The minimum absolute atomic E-state index is 0.0867. The van der Waals surface area contributed by atoms with E-state index in [1.807, 2.05) is 43.0 Å². The van der Waals surface area contributed by atoms with Gasteiger partial charge in [0.15, 0.2) is 5.82 Å². The molecule has 0 saturated carbocycles. The molecule has 1 aromatic heterocycles. The van der Waals surface area contributed by atoms with Gasteiger partial charge in [-0.05, 0) is 25.2 Å². The van der Waals surface area contributed by atoms with Crippen molar-refractivity contribution in [1.82, 2.24) is 20.3 Å². The van der Waals surface area contributed by atoms with Crippen molar-refractivity contribution < 1.29 is 4.79 Å². The van der Waals surface area contributed by atoms with Crippen molar-refractivity contribution in [3.05, 3.63) is 30.6 Å². The Hall–Kier alpha value is -2.21. The lowest BCUT2D eigenvalue weighted by molar-refractivity contribution is -0.121. The molecule has 1 aromatic carbocycles. The highest BCUT2D eigenvalue weighted by molar-refractivity contribution is 5.89. The van der Waals surface area contributed by atoms with E-state index >= 15 is 0 Å². The number of rotatable bonds is 6. The third kappa shape index (κ3) is 3.42. The second kappa shape index (κ2) is 6.81. The Morgan fingerprint density at radius 2 is 1.95 bits per heavy atom.